The van der Waals surface area contributed by atoms with Crippen LogP contribution in [0.1, 0.15) is 31.9 Å². The summed E-state index contributed by atoms with van der Waals surface area (Å²) in [6.45, 7) is 8.73. The minimum Gasteiger partial charge on any atom is -0.744 e. The van der Waals surface area contributed by atoms with Gasteiger partial charge in [-0.05, 0) is 49.7 Å². The van der Waals surface area contributed by atoms with Crippen LogP contribution in [0, 0.1) is 6.92 Å². The molecular weight excluding hydrogens is 430 g/mol. The van der Waals surface area contributed by atoms with Gasteiger partial charge in [-0.1, -0.05) is 60.2 Å². The number of fused-ring (bicyclic) bond motifs is 3. The lowest BCUT2D eigenvalue weighted by Gasteiger charge is -2.17. The molecular formula is C28H27NO3S. The quantitative estimate of drug-likeness (QED) is 0.261. The Morgan fingerprint density at radius 2 is 1.36 bits per heavy atom. The van der Waals surface area contributed by atoms with Gasteiger partial charge in [0.1, 0.15) is 10.1 Å². The molecule has 4 nitrogen and oxygen atoms in total. The van der Waals surface area contributed by atoms with E-state index in [1.807, 2.05) is 6.92 Å². The second kappa shape index (κ2) is 8.58. The summed E-state index contributed by atoms with van der Waals surface area (Å²) in [6.07, 6.45) is 0. The molecule has 0 aromatic heterocycles. The molecule has 0 amide bonds. The van der Waals surface area contributed by atoms with Crippen LogP contribution in [0.5, 0.6) is 0 Å². The summed E-state index contributed by atoms with van der Waals surface area (Å²) >= 11 is 0. The number of aryl methyl sites for hydroxylation is 1. The molecule has 4 aromatic rings. The summed E-state index contributed by atoms with van der Waals surface area (Å²) in [4.78, 5) is -0.178. The van der Waals surface area contributed by atoms with Crippen LogP contribution in [-0.4, -0.2) is 18.7 Å². The predicted octanol–water partition coefficient (Wildman–Crippen LogP) is 6.33. The second-order valence-electron chi connectivity index (χ2n) is 8.83. The molecule has 4 aromatic carbocycles. The van der Waals surface area contributed by atoms with E-state index in [9.17, 15) is 13.0 Å². The maximum atomic E-state index is 10.4. The minimum atomic E-state index is -4.27. The van der Waals surface area contributed by atoms with Gasteiger partial charge in [-0.2, -0.15) is 4.58 Å². The van der Waals surface area contributed by atoms with E-state index in [1.54, 1.807) is 12.1 Å². The van der Waals surface area contributed by atoms with Gasteiger partial charge in [0.05, 0.1) is 10.3 Å². The predicted molar refractivity (Wildman–Crippen MR) is 135 cm³/mol. The van der Waals surface area contributed by atoms with Crippen molar-refractivity contribution in [2.45, 2.75) is 38.0 Å². The summed E-state index contributed by atoms with van der Waals surface area (Å²) in [6, 6.07) is 29.6. The average Bonchev–Trinajstić information content (AvgIpc) is 3.00. The van der Waals surface area contributed by atoms with E-state index in [1.165, 1.54) is 45.6 Å². The second-order valence-corrected chi connectivity index (χ2v) is 10.2. The van der Waals surface area contributed by atoms with Crippen LogP contribution in [0.3, 0.4) is 0 Å². The standard InChI is InChI=1S/C21H20N.C7H8O3S/c1-15-21(2,3)20-18-12-8-7-9-16(18)13-14-19(20)22(15)17-10-5-4-6-11-17;1-6-2-4-7(5-3-6)11(8,9)10/h4-14H,1-3H3;2-5H,1H3,(H,8,9,10)/q+1;/p-1. The summed E-state index contributed by atoms with van der Waals surface area (Å²) in [5.41, 5.74) is 6.33. The third-order valence-corrected chi connectivity index (χ3v) is 7.19. The van der Waals surface area contributed by atoms with Gasteiger partial charge in [0.25, 0.3) is 0 Å². The molecule has 0 N–H and O–H groups in total. The number of benzene rings is 4. The molecule has 0 saturated carbocycles. The maximum absolute atomic E-state index is 10.4. The Morgan fingerprint density at radius 1 is 0.758 bits per heavy atom. The molecule has 0 aliphatic carbocycles. The first-order valence-corrected chi connectivity index (χ1v) is 12.3. The highest BCUT2D eigenvalue weighted by Crippen LogP contribution is 2.45. The molecule has 1 heterocycles. The van der Waals surface area contributed by atoms with E-state index in [0.29, 0.717) is 0 Å². The van der Waals surface area contributed by atoms with Crippen molar-refractivity contribution in [3.8, 4) is 0 Å². The van der Waals surface area contributed by atoms with Crippen LogP contribution < -0.4 is 4.58 Å². The zero-order valence-electron chi connectivity index (χ0n) is 19.2. The zero-order valence-corrected chi connectivity index (χ0v) is 20.1. The van der Waals surface area contributed by atoms with Crippen LogP contribution in [0.2, 0.25) is 0 Å². The van der Waals surface area contributed by atoms with Gasteiger partial charge >= 0.3 is 0 Å². The highest BCUT2D eigenvalue weighted by Gasteiger charge is 2.45. The van der Waals surface area contributed by atoms with Crippen molar-refractivity contribution in [3.63, 3.8) is 0 Å². The topological polar surface area (TPSA) is 60.2 Å². The first-order chi connectivity index (χ1) is 15.6. The van der Waals surface area contributed by atoms with Gasteiger partial charge in [0, 0.05) is 30.7 Å². The van der Waals surface area contributed by atoms with Crippen molar-refractivity contribution in [2.75, 3.05) is 0 Å². The molecule has 1 aliphatic rings. The number of nitrogens with zero attached hydrogens (tertiary/aromatic N) is 1. The third-order valence-electron chi connectivity index (χ3n) is 6.34. The SMILES string of the molecule is CC1=[N+](c2ccccc2)c2ccc3ccccc3c2C1(C)C.Cc1ccc(S(=O)(=O)[O-])cc1. The van der Waals surface area contributed by atoms with Crippen LogP contribution in [0.15, 0.2) is 95.9 Å². The Hall–Kier alpha value is -3.28. The number of rotatable bonds is 2. The fourth-order valence-electron chi connectivity index (χ4n) is 4.36. The van der Waals surface area contributed by atoms with E-state index < -0.39 is 10.1 Å². The van der Waals surface area contributed by atoms with Gasteiger partial charge in [-0.15, -0.1) is 0 Å². The lowest BCUT2D eigenvalue weighted by Crippen LogP contribution is -2.26. The number of hydrogen-bond acceptors (Lipinski definition) is 3. The maximum Gasteiger partial charge on any atom is 0.216 e. The molecule has 5 rings (SSSR count). The highest BCUT2D eigenvalue weighted by atomic mass is 32.2. The minimum absolute atomic E-state index is 0.0338. The van der Waals surface area contributed by atoms with Crippen LogP contribution in [-0.2, 0) is 15.5 Å². The van der Waals surface area contributed by atoms with Crippen molar-refractivity contribution >= 4 is 38.0 Å². The molecule has 0 saturated heterocycles. The normalized spacial score (nSPS) is 14.6. The monoisotopic (exact) mass is 457 g/mol. The Kier molecular flexibility index (Phi) is 5.95. The van der Waals surface area contributed by atoms with E-state index in [4.69, 9.17) is 0 Å². The molecule has 0 atom stereocenters. The lowest BCUT2D eigenvalue weighted by molar-refractivity contribution is 0.463. The van der Waals surface area contributed by atoms with Crippen LogP contribution >= 0.6 is 0 Å². The van der Waals surface area contributed by atoms with E-state index >= 15 is 0 Å². The van der Waals surface area contributed by atoms with Crippen molar-refractivity contribution in [2.24, 2.45) is 0 Å². The van der Waals surface area contributed by atoms with Crippen molar-refractivity contribution < 1.29 is 13.0 Å². The smallest absolute Gasteiger partial charge is 0.216 e. The molecule has 5 heteroatoms. The summed E-state index contributed by atoms with van der Waals surface area (Å²) in [5, 5.41) is 2.68. The Balaban J connectivity index is 0.000000200. The van der Waals surface area contributed by atoms with E-state index in [0.717, 1.165) is 5.56 Å². The van der Waals surface area contributed by atoms with Gasteiger partial charge in [0.2, 0.25) is 11.4 Å². The first kappa shape index (κ1) is 22.9. The Bertz CT molecular complexity index is 1450. The van der Waals surface area contributed by atoms with Crippen molar-refractivity contribution in [3.05, 3.63) is 102 Å². The molecule has 0 spiro atoms. The van der Waals surface area contributed by atoms with Gasteiger partial charge in [-0.3, -0.25) is 0 Å². The fraction of sp³-hybridized carbons (Fsp3) is 0.179. The first-order valence-electron chi connectivity index (χ1n) is 10.8. The summed E-state index contributed by atoms with van der Waals surface area (Å²) in [5.74, 6) is 0. The van der Waals surface area contributed by atoms with Crippen molar-refractivity contribution in [1.82, 2.24) is 4.58 Å². The van der Waals surface area contributed by atoms with Gasteiger partial charge < -0.3 is 4.55 Å². The summed E-state index contributed by atoms with van der Waals surface area (Å²) < 4.78 is 33.6. The summed E-state index contributed by atoms with van der Waals surface area (Å²) in [7, 11) is -4.27. The molecule has 1 aliphatic heterocycles. The third kappa shape index (κ3) is 4.34. The highest BCUT2D eigenvalue weighted by molar-refractivity contribution is 7.85. The number of hydrogen-bond donors (Lipinski definition) is 0. The number of para-hydroxylation sites is 1. The van der Waals surface area contributed by atoms with Gasteiger partial charge in [-0.25, -0.2) is 8.42 Å². The van der Waals surface area contributed by atoms with Crippen LogP contribution in [0.25, 0.3) is 10.8 Å². The molecule has 0 radical (unpaired) electrons. The average molecular weight is 458 g/mol. The molecule has 33 heavy (non-hydrogen) atoms. The van der Waals surface area contributed by atoms with Crippen LogP contribution in [0.4, 0.5) is 11.4 Å². The molecule has 0 fully saturated rings. The van der Waals surface area contributed by atoms with E-state index in [2.05, 4.69) is 92.1 Å². The molecule has 0 unspecified atom stereocenters. The zero-order chi connectivity index (χ0) is 23.8. The van der Waals surface area contributed by atoms with E-state index in [-0.39, 0.29) is 10.3 Å². The fourth-order valence-corrected chi connectivity index (χ4v) is 4.83. The lowest BCUT2D eigenvalue weighted by atomic mass is 9.80. The Morgan fingerprint density at radius 3 is 2.00 bits per heavy atom. The largest absolute Gasteiger partial charge is 0.744 e. The molecule has 168 valence electrons. The Labute approximate surface area is 195 Å². The van der Waals surface area contributed by atoms with Gasteiger partial charge in [0.15, 0.2) is 5.71 Å². The van der Waals surface area contributed by atoms with Crippen molar-refractivity contribution in [1.29, 1.82) is 0 Å². The molecule has 0 bridgehead atoms.